The van der Waals surface area contributed by atoms with E-state index in [4.69, 9.17) is 0 Å². The molecule has 1 aliphatic rings. The highest BCUT2D eigenvalue weighted by Gasteiger charge is 2.27. The number of nitrogens with zero attached hydrogens (tertiary/aromatic N) is 2. The smallest absolute Gasteiger partial charge is 0.263 e. The first-order chi connectivity index (χ1) is 13.1. The number of fused-ring (bicyclic) bond motifs is 2. The second-order valence-electron chi connectivity index (χ2n) is 7.29. The van der Waals surface area contributed by atoms with Crippen LogP contribution in [0.2, 0.25) is 0 Å². The molecule has 0 spiro atoms. The van der Waals surface area contributed by atoms with Gasteiger partial charge in [0.15, 0.2) is 0 Å². The zero-order valence-corrected chi connectivity index (χ0v) is 15.9. The highest BCUT2D eigenvalue weighted by atomic mass is 16.2. The van der Waals surface area contributed by atoms with E-state index in [2.05, 4.69) is 41.3 Å². The number of hydrogen-bond acceptors (Lipinski definition) is 2. The normalized spacial score (nSPS) is 13.1. The number of amides is 1. The fraction of sp³-hybridized carbons (Fsp3) is 0.208. The van der Waals surface area contributed by atoms with Crippen LogP contribution in [0.15, 0.2) is 72.8 Å². The van der Waals surface area contributed by atoms with E-state index in [1.54, 1.807) is 0 Å². The highest BCUT2D eigenvalue weighted by molar-refractivity contribution is 6.12. The van der Waals surface area contributed by atoms with Crippen LogP contribution in [-0.4, -0.2) is 24.9 Å². The van der Waals surface area contributed by atoms with Crippen LogP contribution < -0.4 is 4.90 Å². The number of para-hydroxylation sites is 2. The molecule has 0 aliphatic carbocycles. The van der Waals surface area contributed by atoms with Gasteiger partial charge in [-0.15, -0.1) is 0 Å². The summed E-state index contributed by atoms with van der Waals surface area (Å²) in [5.74, 6) is 0.0363. The minimum Gasteiger partial charge on any atom is -0.305 e. The van der Waals surface area contributed by atoms with Gasteiger partial charge in [0.1, 0.15) is 0 Å². The molecule has 4 rings (SSSR count). The molecule has 1 amide bonds. The van der Waals surface area contributed by atoms with Crippen molar-refractivity contribution in [1.82, 2.24) is 4.90 Å². The number of carbonyl (C=O) groups excluding carboxylic acids is 1. The average Bonchev–Trinajstić information content (AvgIpc) is 2.84. The van der Waals surface area contributed by atoms with E-state index in [9.17, 15) is 4.79 Å². The summed E-state index contributed by atoms with van der Waals surface area (Å²) >= 11 is 0. The Morgan fingerprint density at radius 1 is 0.815 bits per heavy atom. The Balaban J connectivity index is 1.87. The fourth-order valence-electron chi connectivity index (χ4n) is 3.83. The topological polar surface area (TPSA) is 23.6 Å². The average molecular weight is 356 g/mol. The predicted molar refractivity (Wildman–Crippen MR) is 111 cm³/mol. The molecule has 0 fully saturated rings. The van der Waals surface area contributed by atoms with Crippen molar-refractivity contribution in [3.8, 4) is 0 Å². The Labute approximate surface area is 160 Å². The second kappa shape index (κ2) is 7.37. The largest absolute Gasteiger partial charge is 0.305 e. The summed E-state index contributed by atoms with van der Waals surface area (Å²) in [6.07, 6.45) is 1.88. The van der Waals surface area contributed by atoms with Crippen molar-refractivity contribution in [3.05, 3.63) is 95.1 Å². The van der Waals surface area contributed by atoms with Crippen LogP contribution in [0.3, 0.4) is 0 Å². The molecule has 3 nitrogen and oxygen atoms in total. The van der Waals surface area contributed by atoms with E-state index in [0.29, 0.717) is 0 Å². The zero-order valence-electron chi connectivity index (χ0n) is 15.9. The minimum atomic E-state index is 0.0363. The first kappa shape index (κ1) is 17.5. The van der Waals surface area contributed by atoms with Gasteiger partial charge in [0.05, 0.1) is 11.4 Å². The van der Waals surface area contributed by atoms with Crippen LogP contribution >= 0.6 is 0 Å². The molecule has 136 valence electrons. The van der Waals surface area contributed by atoms with Crippen molar-refractivity contribution in [3.63, 3.8) is 0 Å². The molecule has 0 saturated heterocycles. The number of rotatable bonds is 3. The maximum absolute atomic E-state index is 13.8. The molecule has 1 heterocycles. The number of aryl methyl sites for hydroxylation is 2. The third kappa shape index (κ3) is 3.38. The Bertz CT molecular complexity index is 930. The number of benzene rings is 3. The van der Waals surface area contributed by atoms with E-state index in [1.165, 1.54) is 11.1 Å². The molecular weight excluding hydrogens is 332 g/mol. The molecule has 27 heavy (non-hydrogen) atoms. The quantitative estimate of drug-likeness (QED) is 0.671. The van der Waals surface area contributed by atoms with E-state index >= 15 is 0 Å². The molecule has 0 aromatic heterocycles. The van der Waals surface area contributed by atoms with Crippen LogP contribution in [0.25, 0.3) is 0 Å². The summed E-state index contributed by atoms with van der Waals surface area (Å²) in [4.78, 5) is 17.8. The third-order valence-electron chi connectivity index (χ3n) is 5.07. The number of hydrogen-bond donors (Lipinski definition) is 0. The van der Waals surface area contributed by atoms with Crippen molar-refractivity contribution < 1.29 is 4.79 Å². The van der Waals surface area contributed by atoms with E-state index in [0.717, 1.165) is 41.9 Å². The summed E-state index contributed by atoms with van der Waals surface area (Å²) in [6.45, 7) is 0.735. The van der Waals surface area contributed by atoms with Gasteiger partial charge < -0.3 is 4.90 Å². The van der Waals surface area contributed by atoms with Gasteiger partial charge in [-0.05, 0) is 61.8 Å². The van der Waals surface area contributed by atoms with Crippen molar-refractivity contribution in [2.24, 2.45) is 0 Å². The zero-order chi connectivity index (χ0) is 18.8. The van der Waals surface area contributed by atoms with Crippen molar-refractivity contribution >= 4 is 17.3 Å². The molecule has 0 N–H and O–H groups in total. The molecule has 1 aliphatic heterocycles. The Kier molecular flexibility index (Phi) is 4.78. The van der Waals surface area contributed by atoms with Gasteiger partial charge in [0, 0.05) is 12.1 Å². The Hall–Kier alpha value is -2.91. The molecule has 0 bridgehead atoms. The third-order valence-corrected chi connectivity index (χ3v) is 5.07. The van der Waals surface area contributed by atoms with Gasteiger partial charge >= 0.3 is 0 Å². The first-order valence-corrected chi connectivity index (χ1v) is 9.38. The molecule has 0 atom stereocenters. The van der Waals surface area contributed by atoms with Crippen LogP contribution in [0.1, 0.15) is 27.0 Å². The lowest BCUT2D eigenvalue weighted by molar-refractivity contribution is 0.0997. The first-order valence-electron chi connectivity index (χ1n) is 9.38. The van der Waals surface area contributed by atoms with Gasteiger partial charge in [-0.2, -0.15) is 0 Å². The molecule has 3 aromatic rings. The van der Waals surface area contributed by atoms with Crippen LogP contribution in [-0.2, 0) is 19.4 Å². The summed E-state index contributed by atoms with van der Waals surface area (Å²) < 4.78 is 0. The minimum absolute atomic E-state index is 0.0363. The fourth-order valence-corrected chi connectivity index (χ4v) is 3.83. The van der Waals surface area contributed by atoms with E-state index in [1.807, 2.05) is 55.4 Å². The predicted octanol–water partition coefficient (Wildman–Crippen LogP) is 4.83. The summed E-state index contributed by atoms with van der Waals surface area (Å²) in [7, 11) is 4.05. The lowest BCUT2D eigenvalue weighted by Gasteiger charge is -2.26. The van der Waals surface area contributed by atoms with E-state index < -0.39 is 0 Å². The van der Waals surface area contributed by atoms with Crippen molar-refractivity contribution in [2.45, 2.75) is 19.4 Å². The van der Waals surface area contributed by atoms with Gasteiger partial charge in [0.25, 0.3) is 5.91 Å². The molecular formula is C24H24N2O. The number of anilines is 2. The number of carbonyl (C=O) groups is 1. The summed E-state index contributed by atoms with van der Waals surface area (Å²) in [6, 6.07) is 24.4. The van der Waals surface area contributed by atoms with Gasteiger partial charge in [-0.1, -0.05) is 54.6 Å². The van der Waals surface area contributed by atoms with Crippen LogP contribution in [0.4, 0.5) is 11.4 Å². The summed E-state index contributed by atoms with van der Waals surface area (Å²) in [5, 5.41) is 0. The maximum Gasteiger partial charge on any atom is 0.263 e. The SMILES string of the molecule is CN(C)Cc1ccccc1C(=O)N1c2ccccc2CCc2ccccc21. The van der Waals surface area contributed by atoms with E-state index in [-0.39, 0.29) is 5.91 Å². The van der Waals surface area contributed by atoms with Crippen molar-refractivity contribution in [1.29, 1.82) is 0 Å². The molecule has 0 radical (unpaired) electrons. The highest BCUT2D eigenvalue weighted by Crippen LogP contribution is 2.37. The summed E-state index contributed by atoms with van der Waals surface area (Å²) in [5.41, 5.74) is 6.22. The lowest BCUT2D eigenvalue weighted by atomic mass is 10.0. The van der Waals surface area contributed by atoms with Crippen molar-refractivity contribution in [2.75, 3.05) is 19.0 Å². The van der Waals surface area contributed by atoms with Gasteiger partial charge in [-0.25, -0.2) is 0 Å². The monoisotopic (exact) mass is 356 g/mol. The van der Waals surface area contributed by atoms with Gasteiger partial charge in [0.2, 0.25) is 0 Å². The van der Waals surface area contributed by atoms with Gasteiger partial charge in [-0.3, -0.25) is 9.69 Å². The maximum atomic E-state index is 13.8. The Morgan fingerprint density at radius 3 is 1.93 bits per heavy atom. The second-order valence-corrected chi connectivity index (χ2v) is 7.29. The van der Waals surface area contributed by atoms with Crippen LogP contribution in [0.5, 0.6) is 0 Å². The van der Waals surface area contributed by atoms with Crippen LogP contribution in [0, 0.1) is 0 Å². The lowest BCUT2D eigenvalue weighted by Crippen LogP contribution is -2.28. The molecule has 0 unspecified atom stereocenters. The molecule has 3 aromatic carbocycles. The Morgan fingerprint density at radius 2 is 1.33 bits per heavy atom. The molecule has 0 saturated carbocycles. The standard InChI is InChI=1S/C24H24N2O/c1-25(2)17-20-11-3-6-12-21(20)24(27)26-22-13-7-4-9-18(22)15-16-19-10-5-8-14-23(19)26/h3-14H,15-17H2,1-2H3. The molecule has 3 heteroatoms.